The van der Waals surface area contributed by atoms with Crippen LogP contribution in [0.1, 0.15) is 34.0 Å². The molecule has 1 atom stereocenters. The number of ether oxygens (including phenoxy) is 2. The van der Waals surface area contributed by atoms with Crippen molar-refractivity contribution in [2.75, 3.05) is 14.2 Å². The van der Waals surface area contributed by atoms with E-state index in [2.05, 4.69) is 10.3 Å². The number of nitrogens with one attached hydrogen (secondary N) is 1. The highest BCUT2D eigenvalue weighted by Gasteiger charge is 2.19. The van der Waals surface area contributed by atoms with Crippen molar-refractivity contribution in [1.82, 2.24) is 10.3 Å². The molecular formula is C15H18FN3O3S. The van der Waals surface area contributed by atoms with Gasteiger partial charge < -0.3 is 20.5 Å². The number of carbonyl (C=O) groups is 1. The van der Waals surface area contributed by atoms with Gasteiger partial charge in [-0.15, -0.1) is 11.3 Å². The number of thiazole rings is 1. The topological polar surface area (TPSA) is 86.5 Å². The monoisotopic (exact) mass is 339 g/mol. The summed E-state index contributed by atoms with van der Waals surface area (Å²) in [6, 6.07) is 2.17. The maximum atomic E-state index is 14.2. The molecule has 1 aromatic carbocycles. The van der Waals surface area contributed by atoms with Gasteiger partial charge in [-0.25, -0.2) is 9.37 Å². The fraction of sp³-hybridized carbons (Fsp3) is 0.333. The molecule has 0 aliphatic rings. The van der Waals surface area contributed by atoms with Gasteiger partial charge in [-0.3, -0.25) is 4.79 Å². The summed E-state index contributed by atoms with van der Waals surface area (Å²) < 4.78 is 24.4. The van der Waals surface area contributed by atoms with E-state index in [1.165, 1.54) is 37.7 Å². The smallest absolute Gasteiger partial charge is 0.271 e. The molecular weight excluding hydrogens is 321 g/mol. The molecule has 23 heavy (non-hydrogen) atoms. The van der Waals surface area contributed by atoms with Crippen molar-refractivity contribution in [2.24, 2.45) is 5.73 Å². The Hall–Kier alpha value is -2.19. The maximum Gasteiger partial charge on any atom is 0.271 e. The lowest BCUT2D eigenvalue weighted by atomic mass is 10.1. The summed E-state index contributed by atoms with van der Waals surface area (Å²) in [6.07, 6.45) is 0. The highest BCUT2D eigenvalue weighted by Crippen LogP contribution is 2.32. The standard InChI is InChI=1S/C15H18FN3O3S/c1-8(18-15(20)11-7-23-14(6-17)19-11)9-4-12(21-2)13(22-3)5-10(9)16/h4-5,7-8H,6,17H2,1-3H3,(H,18,20). The molecule has 1 heterocycles. The number of nitrogens with two attached hydrogens (primary N) is 1. The van der Waals surface area contributed by atoms with Gasteiger partial charge in [0.2, 0.25) is 0 Å². The molecule has 0 saturated heterocycles. The number of aromatic nitrogens is 1. The van der Waals surface area contributed by atoms with Crippen LogP contribution in [0.2, 0.25) is 0 Å². The summed E-state index contributed by atoms with van der Waals surface area (Å²) in [5.74, 6) is -0.192. The lowest BCUT2D eigenvalue weighted by Gasteiger charge is -2.17. The summed E-state index contributed by atoms with van der Waals surface area (Å²) in [4.78, 5) is 16.3. The zero-order chi connectivity index (χ0) is 17.0. The van der Waals surface area contributed by atoms with Crippen LogP contribution in [0.3, 0.4) is 0 Å². The van der Waals surface area contributed by atoms with Crippen LogP contribution in [0, 0.1) is 5.82 Å². The first-order valence-corrected chi connectivity index (χ1v) is 7.74. The molecule has 3 N–H and O–H groups in total. The van der Waals surface area contributed by atoms with Gasteiger partial charge in [-0.2, -0.15) is 0 Å². The van der Waals surface area contributed by atoms with Gasteiger partial charge in [0, 0.05) is 23.6 Å². The third-order valence-electron chi connectivity index (χ3n) is 3.28. The van der Waals surface area contributed by atoms with E-state index in [9.17, 15) is 9.18 Å². The Balaban J connectivity index is 2.19. The first-order chi connectivity index (χ1) is 11.0. The lowest BCUT2D eigenvalue weighted by molar-refractivity contribution is 0.0935. The number of nitrogens with zero attached hydrogens (tertiary/aromatic N) is 1. The lowest BCUT2D eigenvalue weighted by Crippen LogP contribution is -2.27. The van der Waals surface area contributed by atoms with Crippen LogP contribution in [-0.4, -0.2) is 25.1 Å². The predicted octanol–water partition coefficient (Wildman–Crippen LogP) is 2.25. The van der Waals surface area contributed by atoms with Gasteiger partial charge in [-0.05, 0) is 13.0 Å². The normalized spacial score (nSPS) is 11.9. The molecule has 0 spiro atoms. The fourth-order valence-electron chi connectivity index (χ4n) is 2.06. The summed E-state index contributed by atoms with van der Waals surface area (Å²) in [6.45, 7) is 1.95. The Morgan fingerprint density at radius 3 is 2.61 bits per heavy atom. The minimum atomic E-state index is -0.565. The zero-order valence-corrected chi connectivity index (χ0v) is 13.9. The van der Waals surface area contributed by atoms with E-state index in [1.54, 1.807) is 12.3 Å². The zero-order valence-electron chi connectivity index (χ0n) is 13.1. The Labute approximate surface area is 137 Å². The highest BCUT2D eigenvalue weighted by atomic mass is 32.1. The van der Waals surface area contributed by atoms with E-state index in [1.807, 2.05) is 0 Å². The van der Waals surface area contributed by atoms with Gasteiger partial charge in [0.1, 0.15) is 16.5 Å². The average molecular weight is 339 g/mol. The van der Waals surface area contributed by atoms with E-state index < -0.39 is 11.9 Å². The van der Waals surface area contributed by atoms with E-state index in [0.717, 1.165) is 0 Å². The number of halogens is 1. The largest absolute Gasteiger partial charge is 0.493 e. The third kappa shape index (κ3) is 3.77. The molecule has 8 heteroatoms. The number of rotatable bonds is 6. The maximum absolute atomic E-state index is 14.2. The minimum Gasteiger partial charge on any atom is -0.493 e. The molecule has 0 fully saturated rings. The summed E-state index contributed by atoms with van der Waals surface area (Å²) >= 11 is 1.31. The van der Waals surface area contributed by atoms with Crippen molar-refractivity contribution in [3.8, 4) is 11.5 Å². The predicted molar refractivity (Wildman–Crippen MR) is 85.4 cm³/mol. The van der Waals surface area contributed by atoms with E-state index in [-0.39, 0.29) is 18.1 Å². The van der Waals surface area contributed by atoms with Crippen LogP contribution in [0.25, 0.3) is 0 Å². The SMILES string of the molecule is COc1cc(F)c(C(C)NC(=O)c2csc(CN)n2)cc1OC. The van der Waals surface area contributed by atoms with Crippen LogP contribution in [0.4, 0.5) is 4.39 Å². The second-order valence-electron chi connectivity index (χ2n) is 4.75. The fourth-order valence-corrected chi connectivity index (χ4v) is 2.71. The number of carbonyl (C=O) groups excluding carboxylic acids is 1. The number of hydrogen-bond donors (Lipinski definition) is 2. The van der Waals surface area contributed by atoms with Crippen molar-refractivity contribution in [1.29, 1.82) is 0 Å². The Kier molecular flexibility index (Phi) is 5.51. The van der Waals surface area contributed by atoms with Crippen LogP contribution in [-0.2, 0) is 6.54 Å². The van der Waals surface area contributed by atoms with Crippen LogP contribution in [0.15, 0.2) is 17.5 Å². The van der Waals surface area contributed by atoms with Crippen LogP contribution >= 0.6 is 11.3 Å². The molecule has 0 aliphatic carbocycles. The highest BCUT2D eigenvalue weighted by molar-refractivity contribution is 7.09. The molecule has 1 unspecified atom stereocenters. The second kappa shape index (κ2) is 7.38. The minimum absolute atomic E-state index is 0.267. The Morgan fingerprint density at radius 2 is 2.04 bits per heavy atom. The van der Waals surface area contributed by atoms with Crippen LogP contribution < -0.4 is 20.5 Å². The molecule has 124 valence electrons. The van der Waals surface area contributed by atoms with Crippen molar-refractivity contribution < 1.29 is 18.7 Å². The molecule has 0 aliphatic heterocycles. The summed E-state index contributed by atoms with van der Waals surface area (Å²) in [7, 11) is 2.89. The molecule has 0 radical (unpaired) electrons. The number of benzene rings is 1. The molecule has 1 amide bonds. The van der Waals surface area contributed by atoms with Crippen molar-refractivity contribution in [3.63, 3.8) is 0 Å². The van der Waals surface area contributed by atoms with Gasteiger partial charge in [0.05, 0.1) is 20.3 Å². The molecule has 0 saturated carbocycles. The molecule has 2 aromatic rings. The number of methoxy groups -OCH3 is 2. The van der Waals surface area contributed by atoms with Crippen molar-refractivity contribution >= 4 is 17.2 Å². The quantitative estimate of drug-likeness (QED) is 0.843. The molecule has 2 rings (SSSR count). The third-order valence-corrected chi connectivity index (χ3v) is 4.15. The van der Waals surface area contributed by atoms with Gasteiger partial charge >= 0.3 is 0 Å². The summed E-state index contributed by atoms with van der Waals surface area (Å²) in [5, 5.41) is 4.99. The molecule has 6 nitrogen and oxygen atoms in total. The van der Waals surface area contributed by atoms with Crippen molar-refractivity contribution in [2.45, 2.75) is 19.5 Å². The molecule has 1 aromatic heterocycles. The van der Waals surface area contributed by atoms with Gasteiger partial charge in [0.15, 0.2) is 11.5 Å². The first-order valence-electron chi connectivity index (χ1n) is 6.86. The average Bonchev–Trinajstić information content (AvgIpc) is 3.03. The van der Waals surface area contributed by atoms with Gasteiger partial charge in [-0.1, -0.05) is 0 Å². The Morgan fingerprint density at radius 1 is 1.39 bits per heavy atom. The summed E-state index contributed by atoms with van der Waals surface area (Å²) in [5.41, 5.74) is 6.04. The Bertz CT molecular complexity index is 705. The van der Waals surface area contributed by atoms with E-state index in [0.29, 0.717) is 22.1 Å². The molecule has 0 bridgehead atoms. The van der Waals surface area contributed by atoms with Crippen LogP contribution in [0.5, 0.6) is 11.5 Å². The first kappa shape index (κ1) is 17.2. The van der Waals surface area contributed by atoms with Crippen molar-refractivity contribution in [3.05, 3.63) is 39.6 Å². The second-order valence-corrected chi connectivity index (χ2v) is 5.70. The number of amides is 1. The van der Waals surface area contributed by atoms with E-state index >= 15 is 0 Å². The van der Waals surface area contributed by atoms with E-state index in [4.69, 9.17) is 15.2 Å². The number of hydrogen-bond acceptors (Lipinski definition) is 6. The van der Waals surface area contributed by atoms with Gasteiger partial charge in [0.25, 0.3) is 5.91 Å².